The van der Waals surface area contributed by atoms with Gasteiger partial charge in [0.25, 0.3) is 0 Å². The quantitative estimate of drug-likeness (QED) is 0.867. The molecule has 17 heavy (non-hydrogen) atoms. The number of carboxylic acids is 1. The van der Waals surface area contributed by atoms with Gasteiger partial charge in [0.2, 0.25) is 0 Å². The highest BCUT2D eigenvalue weighted by Crippen LogP contribution is 2.24. The fourth-order valence-electron chi connectivity index (χ4n) is 2.40. The minimum absolute atomic E-state index is 0.114. The smallest absolute Gasteiger partial charge is 0.306 e. The Morgan fingerprint density at radius 3 is 2.71 bits per heavy atom. The van der Waals surface area contributed by atoms with Gasteiger partial charge in [-0.25, -0.2) is 0 Å². The van der Waals surface area contributed by atoms with Gasteiger partial charge < -0.3 is 10.4 Å². The maximum Gasteiger partial charge on any atom is 0.306 e. The predicted octanol–water partition coefficient (Wildman–Crippen LogP) is 2.79. The molecule has 1 aliphatic rings. The molecule has 1 saturated carbocycles. The molecule has 2 N–H and O–H groups in total. The second kappa shape index (κ2) is 5.65. The van der Waals surface area contributed by atoms with Gasteiger partial charge in [0.1, 0.15) is 0 Å². The number of hydrogen-bond acceptors (Lipinski definition) is 3. The summed E-state index contributed by atoms with van der Waals surface area (Å²) in [5, 5.41) is 14.6. The number of thiophene rings is 1. The molecule has 0 atom stereocenters. The number of nitrogens with one attached hydrogen (secondary N) is 1. The van der Waals surface area contributed by atoms with Gasteiger partial charge in [-0.05, 0) is 49.6 Å². The van der Waals surface area contributed by atoms with Crippen LogP contribution in [0.3, 0.4) is 0 Å². The molecule has 3 nitrogen and oxygen atoms in total. The zero-order chi connectivity index (χ0) is 12.3. The van der Waals surface area contributed by atoms with Crippen molar-refractivity contribution < 1.29 is 9.90 Å². The first-order valence-corrected chi connectivity index (χ1v) is 7.03. The van der Waals surface area contributed by atoms with Crippen LogP contribution in [0.25, 0.3) is 0 Å². The fraction of sp³-hybridized carbons (Fsp3) is 0.615. The van der Waals surface area contributed by atoms with Crippen LogP contribution in [0.1, 0.15) is 36.1 Å². The van der Waals surface area contributed by atoms with Crippen LogP contribution in [0.15, 0.2) is 11.4 Å². The molecule has 0 aliphatic heterocycles. The topological polar surface area (TPSA) is 49.3 Å². The van der Waals surface area contributed by atoms with Crippen molar-refractivity contribution in [3.05, 3.63) is 21.9 Å². The summed E-state index contributed by atoms with van der Waals surface area (Å²) in [6, 6.07) is 2.70. The molecule has 2 rings (SSSR count). The summed E-state index contributed by atoms with van der Waals surface area (Å²) in [7, 11) is 0. The third-order valence-corrected chi connectivity index (χ3v) is 4.37. The van der Waals surface area contributed by atoms with E-state index in [-0.39, 0.29) is 5.92 Å². The number of aryl methyl sites for hydroxylation is 1. The van der Waals surface area contributed by atoms with Gasteiger partial charge >= 0.3 is 5.97 Å². The summed E-state index contributed by atoms with van der Waals surface area (Å²) in [6.45, 7) is 3.03. The second-order valence-electron chi connectivity index (χ2n) is 4.83. The molecule has 4 heteroatoms. The molecule has 1 aromatic rings. The van der Waals surface area contributed by atoms with Crippen LogP contribution in [-0.2, 0) is 11.3 Å². The molecule has 1 fully saturated rings. The van der Waals surface area contributed by atoms with Crippen LogP contribution >= 0.6 is 11.3 Å². The number of carboxylic acid groups (broad SMARTS) is 1. The molecule has 0 spiro atoms. The van der Waals surface area contributed by atoms with E-state index in [1.54, 1.807) is 11.3 Å². The lowest BCUT2D eigenvalue weighted by molar-refractivity contribution is -0.142. The standard InChI is InChI=1S/C13H19NO2S/c1-9-6-10(8-17-9)7-14-12-4-2-11(3-5-12)13(15)16/h6,8,11-12,14H,2-5,7H2,1H3,(H,15,16). The zero-order valence-corrected chi connectivity index (χ0v) is 10.9. The lowest BCUT2D eigenvalue weighted by Crippen LogP contribution is -2.34. The van der Waals surface area contributed by atoms with Gasteiger partial charge in [-0.2, -0.15) is 0 Å². The van der Waals surface area contributed by atoms with Crippen molar-refractivity contribution in [1.82, 2.24) is 5.32 Å². The molecule has 0 radical (unpaired) electrons. The van der Waals surface area contributed by atoms with Crippen LogP contribution in [0, 0.1) is 12.8 Å². The van der Waals surface area contributed by atoms with E-state index in [2.05, 4.69) is 23.7 Å². The van der Waals surface area contributed by atoms with Crippen molar-refractivity contribution in [2.24, 2.45) is 5.92 Å². The molecule has 1 heterocycles. The molecule has 0 aromatic carbocycles. The van der Waals surface area contributed by atoms with Gasteiger partial charge in [-0.1, -0.05) is 0 Å². The average Bonchev–Trinajstić information content (AvgIpc) is 2.73. The first-order chi connectivity index (χ1) is 8.15. The lowest BCUT2D eigenvalue weighted by Gasteiger charge is -2.26. The molecule has 94 valence electrons. The van der Waals surface area contributed by atoms with Crippen LogP contribution in [0.2, 0.25) is 0 Å². The average molecular weight is 253 g/mol. The molecule has 0 bridgehead atoms. The summed E-state index contributed by atoms with van der Waals surface area (Å²) in [5.41, 5.74) is 1.34. The van der Waals surface area contributed by atoms with Gasteiger partial charge in [-0.15, -0.1) is 11.3 Å². The molecule has 0 saturated heterocycles. The largest absolute Gasteiger partial charge is 0.481 e. The Kier molecular flexibility index (Phi) is 4.18. The van der Waals surface area contributed by atoms with Crippen LogP contribution in [-0.4, -0.2) is 17.1 Å². The van der Waals surface area contributed by atoms with Gasteiger partial charge in [0.15, 0.2) is 0 Å². The highest BCUT2D eigenvalue weighted by Gasteiger charge is 2.25. The van der Waals surface area contributed by atoms with E-state index in [9.17, 15) is 4.79 Å². The Hall–Kier alpha value is -0.870. The zero-order valence-electron chi connectivity index (χ0n) is 10.1. The highest BCUT2D eigenvalue weighted by atomic mass is 32.1. The number of hydrogen-bond donors (Lipinski definition) is 2. The maximum atomic E-state index is 10.8. The lowest BCUT2D eigenvalue weighted by atomic mass is 9.86. The molecule has 0 amide bonds. The Balaban J connectivity index is 1.73. The monoisotopic (exact) mass is 253 g/mol. The summed E-state index contributed by atoms with van der Waals surface area (Å²) in [6.07, 6.45) is 3.60. The van der Waals surface area contributed by atoms with Gasteiger partial charge in [0, 0.05) is 17.5 Å². The van der Waals surface area contributed by atoms with Crippen molar-refractivity contribution in [1.29, 1.82) is 0 Å². The summed E-state index contributed by atoms with van der Waals surface area (Å²) >= 11 is 1.78. The van der Waals surface area contributed by atoms with Crippen molar-refractivity contribution >= 4 is 17.3 Å². The van der Waals surface area contributed by atoms with Crippen molar-refractivity contribution in [3.8, 4) is 0 Å². The molecule has 1 aromatic heterocycles. The minimum atomic E-state index is -0.628. The van der Waals surface area contributed by atoms with Crippen molar-refractivity contribution in [2.75, 3.05) is 0 Å². The number of carbonyl (C=O) groups is 1. The Bertz CT molecular complexity index is 381. The second-order valence-corrected chi connectivity index (χ2v) is 5.95. The van der Waals surface area contributed by atoms with E-state index in [4.69, 9.17) is 5.11 Å². The van der Waals surface area contributed by atoms with Crippen molar-refractivity contribution in [2.45, 2.75) is 45.2 Å². The first-order valence-electron chi connectivity index (χ1n) is 6.15. The Morgan fingerprint density at radius 2 is 2.18 bits per heavy atom. The van der Waals surface area contributed by atoms with E-state index in [1.165, 1.54) is 10.4 Å². The Labute approximate surface area is 106 Å². The summed E-state index contributed by atoms with van der Waals surface area (Å²) < 4.78 is 0. The van der Waals surface area contributed by atoms with E-state index in [0.29, 0.717) is 6.04 Å². The first kappa shape index (κ1) is 12.6. The number of aliphatic carboxylic acids is 1. The number of rotatable bonds is 4. The van der Waals surface area contributed by atoms with Gasteiger partial charge in [-0.3, -0.25) is 4.79 Å². The van der Waals surface area contributed by atoms with Crippen molar-refractivity contribution in [3.63, 3.8) is 0 Å². The third-order valence-electron chi connectivity index (χ3n) is 3.46. The van der Waals surface area contributed by atoms with E-state index < -0.39 is 5.97 Å². The normalized spacial score (nSPS) is 24.8. The summed E-state index contributed by atoms with van der Waals surface area (Å²) in [4.78, 5) is 12.2. The van der Waals surface area contributed by atoms with E-state index >= 15 is 0 Å². The molecular formula is C13H19NO2S. The van der Waals surface area contributed by atoms with E-state index in [0.717, 1.165) is 32.2 Å². The molecular weight excluding hydrogens is 234 g/mol. The SMILES string of the molecule is Cc1cc(CNC2CCC(C(=O)O)CC2)cs1. The Morgan fingerprint density at radius 1 is 1.47 bits per heavy atom. The molecule has 0 unspecified atom stereocenters. The maximum absolute atomic E-state index is 10.8. The minimum Gasteiger partial charge on any atom is -0.481 e. The third kappa shape index (κ3) is 3.54. The van der Waals surface area contributed by atoms with Gasteiger partial charge in [0.05, 0.1) is 5.92 Å². The highest BCUT2D eigenvalue weighted by molar-refractivity contribution is 7.10. The van der Waals surface area contributed by atoms with Crippen LogP contribution < -0.4 is 5.32 Å². The van der Waals surface area contributed by atoms with E-state index in [1.807, 2.05) is 0 Å². The summed E-state index contributed by atoms with van der Waals surface area (Å²) in [5.74, 6) is -0.742. The molecule has 1 aliphatic carbocycles. The fourth-order valence-corrected chi connectivity index (χ4v) is 3.11. The van der Waals surface area contributed by atoms with Crippen LogP contribution in [0.4, 0.5) is 0 Å². The van der Waals surface area contributed by atoms with Crippen LogP contribution in [0.5, 0.6) is 0 Å². The predicted molar refractivity (Wildman–Crippen MR) is 69.3 cm³/mol.